The van der Waals surface area contributed by atoms with E-state index in [1.807, 2.05) is 0 Å². The zero-order chi connectivity index (χ0) is 15.7. The van der Waals surface area contributed by atoms with Gasteiger partial charge >= 0.3 is 0 Å². The Morgan fingerprint density at radius 1 is 1.18 bits per heavy atom. The number of nitrogens with zero attached hydrogens (tertiary/aromatic N) is 3. The maximum Gasteiger partial charge on any atom is 0.259 e. The third-order valence-corrected chi connectivity index (χ3v) is 5.14. The number of aromatic nitrogens is 1. The molecule has 7 heteroatoms. The van der Waals surface area contributed by atoms with Crippen LogP contribution in [-0.4, -0.2) is 67.3 Å². The summed E-state index contributed by atoms with van der Waals surface area (Å²) in [5, 5.41) is 0. The number of hydrogen-bond acceptors (Lipinski definition) is 5. The van der Waals surface area contributed by atoms with Crippen molar-refractivity contribution in [3.8, 4) is 11.6 Å². The smallest absolute Gasteiger partial charge is 0.259 e. The molecule has 2 aliphatic rings. The van der Waals surface area contributed by atoms with E-state index in [1.165, 1.54) is 0 Å². The lowest BCUT2D eigenvalue weighted by atomic mass is 10.1. The molecule has 2 saturated heterocycles. The molecule has 0 bridgehead atoms. The van der Waals surface area contributed by atoms with E-state index in [-0.39, 0.29) is 10.4 Å². The highest BCUT2D eigenvalue weighted by Gasteiger charge is 2.27. The predicted octanol–water partition coefficient (Wildman–Crippen LogP) is 2.15. The molecule has 0 saturated carbocycles. The first-order valence-electron chi connectivity index (χ1n) is 7.56. The normalized spacial score (nSPS) is 25.5. The first-order chi connectivity index (χ1) is 10.5. The largest absolute Gasteiger partial charge is 0.486 e. The highest BCUT2D eigenvalue weighted by Crippen LogP contribution is 2.31. The molecule has 0 radical (unpaired) electrons. The predicted molar refractivity (Wildman–Crippen MR) is 85.0 cm³/mol. The molecule has 0 unspecified atom stereocenters. The van der Waals surface area contributed by atoms with Crippen LogP contribution in [0.4, 0.5) is 4.39 Å². The monoisotopic (exact) mass is 373 g/mol. The second-order valence-electron chi connectivity index (χ2n) is 6.03. The number of pyridine rings is 1. The summed E-state index contributed by atoms with van der Waals surface area (Å²) in [6.07, 6.45) is 2.22. The lowest BCUT2D eigenvalue weighted by Crippen LogP contribution is -2.48. The molecule has 5 nitrogen and oxygen atoms in total. The second-order valence-corrected chi connectivity index (χ2v) is 6.89. The lowest BCUT2D eigenvalue weighted by Gasteiger charge is -2.38. The molecule has 0 aliphatic carbocycles. The molecule has 22 heavy (non-hydrogen) atoms. The molecule has 2 fully saturated rings. The minimum Gasteiger partial charge on any atom is -0.486 e. The van der Waals surface area contributed by atoms with Crippen LogP contribution in [0.5, 0.6) is 11.6 Å². The number of likely N-dealkylation sites (N-methyl/N-ethyl adjacent to an activating group) is 2. The van der Waals surface area contributed by atoms with Crippen LogP contribution in [0.25, 0.3) is 0 Å². The third kappa shape index (κ3) is 3.36. The van der Waals surface area contributed by atoms with Crippen LogP contribution < -0.4 is 9.47 Å². The minimum atomic E-state index is -0.579. The van der Waals surface area contributed by atoms with Crippen molar-refractivity contribution in [2.75, 3.05) is 40.4 Å². The van der Waals surface area contributed by atoms with Gasteiger partial charge in [0.2, 0.25) is 5.95 Å². The van der Waals surface area contributed by atoms with Crippen LogP contribution in [-0.2, 0) is 0 Å². The van der Waals surface area contributed by atoms with Crippen LogP contribution >= 0.6 is 15.9 Å². The van der Waals surface area contributed by atoms with Crippen molar-refractivity contribution in [3.63, 3.8) is 0 Å². The van der Waals surface area contributed by atoms with Gasteiger partial charge in [-0.3, -0.25) is 9.80 Å². The van der Waals surface area contributed by atoms with E-state index < -0.39 is 5.95 Å². The van der Waals surface area contributed by atoms with Gasteiger partial charge in [-0.15, -0.1) is 0 Å². The van der Waals surface area contributed by atoms with Crippen molar-refractivity contribution in [2.24, 2.45) is 0 Å². The van der Waals surface area contributed by atoms with Crippen LogP contribution in [0, 0.1) is 5.95 Å². The van der Waals surface area contributed by atoms with Crippen LogP contribution in [0.15, 0.2) is 10.5 Å². The number of halogens is 2. The number of ether oxygens (including phenoxy) is 2. The molecule has 122 valence electrons. The zero-order valence-electron chi connectivity index (χ0n) is 12.9. The van der Waals surface area contributed by atoms with Crippen molar-refractivity contribution in [1.29, 1.82) is 0 Å². The summed E-state index contributed by atoms with van der Waals surface area (Å²) < 4.78 is 25.5. The van der Waals surface area contributed by atoms with Crippen LogP contribution in [0.1, 0.15) is 12.8 Å². The van der Waals surface area contributed by atoms with Gasteiger partial charge in [-0.05, 0) is 56.0 Å². The summed E-state index contributed by atoms with van der Waals surface area (Å²) in [6, 6.07) is 2.38. The molecule has 0 N–H and O–H groups in total. The first-order valence-corrected chi connectivity index (χ1v) is 8.36. The Labute approximate surface area is 138 Å². The summed E-state index contributed by atoms with van der Waals surface area (Å²) in [6.45, 7) is 3.24. The molecule has 0 aromatic carbocycles. The molecule has 2 atom stereocenters. The maximum atomic E-state index is 13.7. The average Bonchev–Trinajstić information content (AvgIpc) is 2.48. The lowest BCUT2D eigenvalue weighted by molar-refractivity contribution is 0.0642. The highest BCUT2D eigenvalue weighted by molar-refractivity contribution is 9.10. The van der Waals surface area contributed by atoms with Gasteiger partial charge in [0.1, 0.15) is 13.2 Å². The summed E-state index contributed by atoms with van der Waals surface area (Å²) in [4.78, 5) is 8.32. The Hall–Kier alpha value is -0.920. The molecule has 3 rings (SSSR count). The Morgan fingerprint density at radius 3 is 2.27 bits per heavy atom. The van der Waals surface area contributed by atoms with Gasteiger partial charge in [0.05, 0.1) is 4.47 Å². The van der Waals surface area contributed by atoms with Gasteiger partial charge in [-0.2, -0.15) is 9.37 Å². The average molecular weight is 374 g/mol. The van der Waals surface area contributed by atoms with Crippen molar-refractivity contribution in [2.45, 2.75) is 24.9 Å². The highest BCUT2D eigenvalue weighted by atomic mass is 79.9. The van der Waals surface area contributed by atoms with E-state index in [0.29, 0.717) is 31.0 Å². The molecular formula is C15H21BrFN3O2. The number of rotatable bonds is 6. The Kier molecular flexibility index (Phi) is 4.84. The summed E-state index contributed by atoms with van der Waals surface area (Å²) >= 11 is 3.15. The standard InChI is InChI=1S/C15H21BrFN3O2/c1-19-5-3-10(19)8-21-13-7-12(16)14(17)18-15(13)22-9-11-4-6-20(11)2/h7,10-11H,3-6,8-9H2,1-2H3/t10-,11-/m0/s1. The van der Waals surface area contributed by atoms with Crippen molar-refractivity contribution in [3.05, 3.63) is 16.5 Å². The van der Waals surface area contributed by atoms with E-state index in [4.69, 9.17) is 9.47 Å². The van der Waals surface area contributed by atoms with E-state index in [2.05, 4.69) is 44.8 Å². The Bertz CT molecular complexity index is 499. The molecule has 3 heterocycles. The summed E-state index contributed by atoms with van der Waals surface area (Å²) in [5.41, 5.74) is 0. The van der Waals surface area contributed by atoms with Gasteiger partial charge in [0.15, 0.2) is 5.75 Å². The fraction of sp³-hybridized carbons (Fsp3) is 0.667. The van der Waals surface area contributed by atoms with Crippen molar-refractivity contribution in [1.82, 2.24) is 14.8 Å². The molecular weight excluding hydrogens is 353 g/mol. The number of hydrogen-bond donors (Lipinski definition) is 0. The van der Waals surface area contributed by atoms with E-state index >= 15 is 0 Å². The molecule has 1 aromatic heterocycles. The van der Waals surface area contributed by atoms with Gasteiger partial charge in [0, 0.05) is 18.2 Å². The fourth-order valence-electron chi connectivity index (χ4n) is 2.56. The second kappa shape index (κ2) is 6.68. The molecule has 1 aromatic rings. The molecule has 0 spiro atoms. The summed E-state index contributed by atoms with van der Waals surface area (Å²) in [5.74, 6) is 0.156. The number of likely N-dealkylation sites (tertiary alicyclic amines) is 2. The summed E-state index contributed by atoms with van der Waals surface area (Å²) in [7, 11) is 4.12. The van der Waals surface area contributed by atoms with Crippen LogP contribution in [0.2, 0.25) is 0 Å². The zero-order valence-corrected chi connectivity index (χ0v) is 14.5. The topological polar surface area (TPSA) is 37.8 Å². The Balaban J connectivity index is 1.64. The minimum absolute atomic E-state index is 0.239. The SMILES string of the molecule is CN1CC[C@H]1COc1cc(Br)c(F)nc1OC[C@@H]1CCN1C. The fourth-order valence-corrected chi connectivity index (χ4v) is 2.86. The van der Waals surface area contributed by atoms with Crippen LogP contribution in [0.3, 0.4) is 0 Å². The maximum absolute atomic E-state index is 13.7. The van der Waals surface area contributed by atoms with Crippen molar-refractivity contribution < 1.29 is 13.9 Å². The molecule has 0 amide bonds. The van der Waals surface area contributed by atoms with Gasteiger partial charge in [-0.25, -0.2) is 0 Å². The first kappa shape index (κ1) is 16.0. The van der Waals surface area contributed by atoms with E-state index in [1.54, 1.807) is 6.07 Å². The Morgan fingerprint density at radius 2 is 1.77 bits per heavy atom. The molecule has 2 aliphatic heterocycles. The van der Waals surface area contributed by atoms with Gasteiger partial charge in [-0.1, -0.05) is 0 Å². The quantitative estimate of drug-likeness (QED) is 0.714. The van der Waals surface area contributed by atoms with E-state index in [0.717, 1.165) is 25.9 Å². The van der Waals surface area contributed by atoms with Gasteiger partial charge < -0.3 is 9.47 Å². The van der Waals surface area contributed by atoms with Crippen molar-refractivity contribution >= 4 is 15.9 Å². The van der Waals surface area contributed by atoms with E-state index in [9.17, 15) is 4.39 Å². The van der Waals surface area contributed by atoms with Gasteiger partial charge in [0.25, 0.3) is 5.88 Å². The third-order valence-electron chi connectivity index (χ3n) is 4.59.